The van der Waals surface area contributed by atoms with Crippen molar-refractivity contribution in [3.63, 3.8) is 0 Å². The molecule has 2 heterocycles. The van der Waals surface area contributed by atoms with Gasteiger partial charge in [-0.05, 0) is 36.6 Å². The molecule has 3 N–H and O–H groups in total. The van der Waals surface area contributed by atoms with Crippen molar-refractivity contribution in [2.45, 2.75) is 31.5 Å². The number of carbonyl (C=O) groups excluding carboxylic acids is 1. The van der Waals surface area contributed by atoms with Crippen molar-refractivity contribution in [1.29, 1.82) is 0 Å². The minimum atomic E-state index is -0.499. The number of nitrogens with zero attached hydrogens (tertiary/aromatic N) is 1. The fourth-order valence-electron chi connectivity index (χ4n) is 5.11. The van der Waals surface area contributed by atoms with Crippen LogP contribution in [0.1, 0.15) is 34.3 Å². The Hall–Kier alpha value is -3.22. The number of hydrogen-bond donors (Lipinski definition) is 3. The zero-order valence-corrected chi connectivity index (χ0v) is 17.8. The first kappa shape index (κ1) is 20.7. The third-order valence-electron chi connectivity index (χ3n) is 6.64. The van der Waals surface area contributed by atoms with Gasteiger partial charge in [0.05, 0.1) is 12.1 Å². The number of likely N-dealkylation sites (tertiary alicyclic amines) is 1. The summed E-state index contributed by atoms with van der Waals surface area (Å²) in [5.41, 5.74) is 9.62. The summed E-state index contributed by atoms with van der Waals surface area (Å²) >= 11 is 0. The molecule has 0 bridgehead atoms. The first-order valence-electron chi connectivity index (χ1n) is 10.9. The average Bonchev–Trinajstić information content (AvgIpc) is 3.33. The van der Waals surface area contributed by atoms with Crippen LogP contribution in [0.3, 0.4) is 0 Å². The van der Waals surface area contributed by atoms with Crippen molar-refractivity contribution in [2.24, 2.45) is 5.92 Å². The highest BCUT2D eigenvalue weighted by molar-refractivity contribution is 5.86. The molecule has 0 radical (unpaired) electrons. The van der Waals surface area contributed by atoms with E-state index in [1.165, 1.54) is 6.07 Å². The third-order valence-corrected chi connectivity index (χ3v) is 6.64. The highest BCUT2D eigenvalue weighted by Crippen LogP contribution is 2.49. The molecule has 1 amide bonds. The van der Waals surface area contributed by atoms with Crippen LogP contribution in [0.5, 0.6) is 5.75 Å². The minimum Gasteiger partial charge on any atom is -0.508 e. The molecule has 0 saturated carbocycles. The van der Waals surface area contributed by atoms with Crippen LogP contribution < -0.4 is 10.9 Å². The second-order valence-electron chi connectivity index (χ2n) is 8.62. The Morgan fingerprint density at radius 2 is 1.66 bits per heavy atom. The van der Waals surface area contributed by atoms with Crippen molar-refractivity contribution >= 4 is 5.91 Å². The van der Waals surface area contributed by atoms with Crippen LogP contribution in [0.2, 0.25) is 0 Å². The molecule has 0 aromatic heterocycles. The molecule has 32 heavy (non-hydrogen) atoms. The number of nitrogens with one attached hydrogen (secondary N) is 2. The van der Waals surface area contributed by atoms with E-state index in [0.29, 0.717) is 24.1 Å². The minimum absolute atomic E-state index is 0.0548. The Morgan fingerprint density at radius 1 is 0.938 bits per heavy atom. The van der Waals surface area contributed by atoms with E-state index < -0.39 is 12.1 Å². The predicted molar refractivity (Wildman–Crippen MR) is 120 cm³/mol. The molecule has 5 rings (SSSR count). The number of rotatable bonds is 5. The lowest BCUT2D eigenvalue weighted by Gasteiger charge is -2.31. The van der Waals surface area contributed by atoms with Gasteiger partial charge >= 0.3 is 0 Å². The normalized spacial score (nSPS) is 24.7. The number of phenols is 1. The number of aryl methyl sites for hydroxylation is 1. The molecule has 0 aliphatic carbocycles. The number of carbonyl (C=O) groups is 1. The highest BCUT2D eigenvalue weighted by Gasteiger charge is 2.56. The maximum Gasteiger partial charge on any atom is 0.242 e. The number of amides is 1. The summed E-state index contributed by atoms with van der Waals surface area (Å²) in [5, 5.41) is 10.6. The van der Waals surface area contributed by atoms with Crippen molar-refractivity contribution in [1.82, 2.24) is 15.8 Å². The molecule has 2 aliphatic rings. The zero-order valence-electron chi connectivity index (χ0n) is 17.8. The van der Waals surface area contributed by atoms with E-state index in [2.05, 4.69) is 10.9 Å². The summed E-state index contributed by atoms with van der Waals surface area (Å²) in [5.74, 6) is -0.480. The Morgan fingerprint density at radius 3 is 2.41 bits per heavy atom. The van der Waals surface area contributed by atoms with Crippen molar-refractivity contribution in [3.8, 4) is 5.75 Å². The summed E-state index contributed by atoms with van der Waals surface area (Å²) < 4.78 is 15.0. The van der Waals surface area contributed by atoms with Crippen LogP contribution in [-0.2, 0) is 11.2 Å². The van der Waals surface area contributed by atoms with Gasteiger partial charge in [0.15, 0.2) is 0 Å². The fraction of sp³-hybridized carbons (Fsp3) is 0.269. The van der Waals surface area contributed by atoms with E-state index >= 15 is 0 Å². The highest BCUT2D eigenvalue weighted by atomic mass is 19.1. The molecule has 6 heteroatoms. The monoisotopic (exact) mass is 431 g/mol. The quantitative estimate of drug-likeness (QED) is 0.575. The number of halogens is 1. The topological polar surface area (TPSA) is 64.6 Å². The lowest BCUT2D eigenvalue weighted by Crippen LogP contribution is -2.42. The molecule has 3 aromatic carbocycles. The molecule has 4 atom stereocenters. The van der Waals surface area contributed by atoms with Crippen molar-refractivity contribution in [3.05, 3.63) is 101 Å². The standard InChI is InChI=1S/C26H26FN3O2/c1-16-11-12-19(21(31)15-16)23-22-24(29-28-23)26(32)30(14-13-17-7-3-2-4-8-17)25(22)18-9-5-6-10-20(18)27/h2-12,15,22-25,28-29,31H,13-14H2,1H3. The number of aromatic hydroxyl groups is 1. The van der Waals surface area contributed by atoms with Gasteiger partial charge in [-0.15, -0.1) is 0 Å². The summed E-state index contributed by atoms with van der Waals surface area (Å²) in [4.78, 5) is 15.3. The van der Waals surface area contributed by atoms with Gasteiger partial charge in [0.2, 0.25) is 5.91 Å². The molecule has 3 aromatic rings. The van der Waals surface area contributed by atoms with Gasteiger partial charge in [0.25, 0.3) is 0 Å². The van der Waals surface area contributed by atoms with Crippen molar-refractivity contribution < 1.29 is 14.3 Å². The van der Waals surface area contributed by atoms with Crippen LogP contribution in [0.15, 0.2) is 72.8 Å². The fourth-order valence-corrected chi connectivity index (χ4v) is 5.11. The first-order valence-corrected chi connectivity index (χ1v) is 10.9. The average molecular weight is 432 g/mol. The van der Waals surface area contributed by atoms with Crippen LogP contribution in [0.4, 0.5) is 4.39 Å². The van der Waals surface area contributed by atoms with Gasteiger partial charge in [-0.3, -0.25) is 4.79 Å². The molecular formula is C26H26FN3O2. The maximum atomic E-state index is 15.0. The van der Waals surface area contributed by atoms with Crippen LogP contribution in [0, 0.1) is 18.7 Å². The van der Waals surface area contributed by atoms with Gasteiger partial charge in [-0.25, -0.2) is 15.2 Å². The SMILES string of the molecule is Cc1ccc(C2NNC3C(=O)N(CCc4ccccc4)C(c4ccccc4F)C32)c(O)c1. The van der Waals surface area contributed by atoms with Gasteiger partial charge in [-0.2, -0.15) is 0 Å². The van der Waals surface area contributed by atoms with E-state index in [-0.39, 0.29) is 29.4 Å². The van der Waals surface area contributed by atoms with E-state index in [0.717, 1.165) is 11.1 Å². The molecule has 0 spiro atoms. The van der Waals surface area contributed by atoms with E-state index in [9.17, 15) is 14.3 Å². The Kier molecular flexibility index (Phi) is 5.41. The third kappa shape index (κ3) is 3.55. The number of hydrazine groups is 1. The van der Waals surface area contributed by atoms with Gasteiger partial charge < -0.3 is 10.0 Å². The van der Waals surface area contributed by atoms with Gasteiger partial charge in [-0.1, -0.05) is 60.7 Å². The summed E-state index contributed by atoms with van der Waals surface area (Å²) in [6.07, 6.45) is 0.685. The number of benzene rings is 3. The molecule has 4 unspecified atom stereocenters. The van der Waals surface area contributed by atoms with E-state index in [1.54, 1.807) is 29.2 Å². The smallest absolute Gasteiger partial charge is 0.242 e. The second kappa shape index (κ2) is 8.37. The Bertz CT molecular complexity index is 1140. The Balaban J connectivity index is 1.54. The molecule has 5 nitrogen and oxygen atoms in total. The van der Waals surface area contributed by atoms with E-state index in [4.69, 9.17) is 0 Å². The van der Waals surface area contributed by atoms with Crippen LogP contribution in [-0.4, -0.2) is 28.5 Å². The first-order chi connectivity index (χ1) is 15.5. The second-order valence-corrected chi connectivity index (χ2v) is 8.62. The number of hydrogen-bond acceptors (Lipinski definition) is 4. The lowest BCUT2D eigenvalue weighted by molar-refractivity contribution is -0.130. The summed E-state index contributed by atoms with van der Waals surface area (Å²) in [6.45, 7) is 2.41. The summed E-state index contributed by atoms with van der Waals surface area (Å²) in [7, 11) is 0. The number of fused-ring (bicyclic) bond motifs is 1. The number of phenolic OH excluding ortho intramolecular Hbond substituents is 1. The molecule has 2 saturated heterocycles. The summed E-state index contributed by atoms with van der Waals surface area (Å²) in [6, 6.07) is 20.9. The lowest BCUT2D eigenvalue weighted by atomic mass is 9.82. The predicted octanol–water partition coefficient (Wildman–Crippen LogP) is 3.80. The molecular weight excluding hydrogens is 405 g/mol. The van der Waals surface area contributed by atoms with Gasteiger partial charge in [0.1, 0.15) is 17.6 Å². The van der Waals surface area contributed by atoms with Gasteiger partial charge in [0, 0.05) is 23.6 Å². The zero-order chi connectivity index (χ0) is 22.2. The molecule has 164 valence electrons. The molecule has 2 fully saturated rings. The largest absolute Gasteiger partial charge is 0.508 e. The van der Waals surface area contributed by atoms with E-state index in [1.807, 2.05) is 49.4 Å². The van der Waals surface area contributed by atoms with Crippen molar-refractivity contribution in [2.75, 3.05) is 6.54 Å². The molecule has 2 aliphatic heterocycles. The van der Waals surface area contributed by atoms with Crippen LogP contribution >= 0.6 is 0 Å². The Labute approximate surface area is 186 Å². The maximum absolute atomic E-state index is 15.0. The van der Waals surface area contributed by atoms with Crippen LogP contribution in [0.25, 0.3) is 0 Å².